The first-order chi connectivity index (χ1) is 10.2. The Labute approximate surface area is 126 Å². The molecule has 2 aromatic carbocycles. The molecule has 0 amide bonds. The fourth-order valence-corrected chi connectivity index (χ4v) is 2.18. The smallest absolute Gasteiger partial charge is 0.0481 e. The van der Waals surface area contributed by atoms with Crippen LogP contribution in [0.5, 0.6) is 0 Å². The van der Waals surface area contributed by atoms with Gasteiger partial charge in [0.05, 0.1) is 0 Å². The molecule has 2 atom stereocenters. The van der Waals surface area contributed by atoms with Crippen LogP contribution in [0, 0.1) is 0 Å². The Morgan fingerprint density at radius 3 is 2.10 bits per heavy atom. The van der Waals surface area contributed by atoms with Crippen LogP contribution in [-0.2, 0) is 6.42 Å². The number of benzene rings is 2. The summed E-state index contributed by atoms with van der Waals surface area (Å²) >= 11 is 0. The van der Waals surface area contributed by atoms with Gasteiger partial charge in [-0.05, 0) is 23.1 Å². The lowest BCUT2D eigenvalue weighted by molar-refractivity contribution is 0.804. The van der Waals surface area contributed by atoms with Gasteiger partial charge in [-0.3, -0.25) is 0 Å². The molecule has 0 fully saturated rings. The summed E-state index contributed by atoms with van der Waals surface area (Å²) in [6, 6.07) is 19.9. The second kappa shape index (κ2) is 7.58. The van der Waals surface area contributed by atoms with Crippen molar-refractivity contribution in [3.8, 4) is 0 Å². The zero-order valence-electron chi connectivity index (χ0n) is 12.2. The van der Waals surface area contributed by atoms with E-state index in [1.807, 2.05) is 60.7 Å². The van der Waals surface area contributed by atoms with Crippen LogP contribution < -0.4 is 11.5 Å². The van der Waals surface area contributed by atoms with E-state index in [-0.39, 0.29) is 12.1 Å². The van der Waals surface area contributed by atoms with E-state index < -0.39 is 0 Å². The van der Waals surface area contributed by atoms with Crippen molar-refractivity contribution in [1.82, 2.24) is 0 Å². The Morgan fingerprint density at radius 1 is 0.905 bits per heavy atom. The van der Waals surface area contributed by atoms with Gasteiger partial charge in [-0.25, -0.2) is 0 Å². The molecule has 0 aliphatic heterocycles. The van der Waals surface area contributed by atoms with Crippen LogP contribution in [0.25, 0.3) is 5.57 Å². The molecule has 0 heterocycles. The van der Waals surface area contributed by atoms with E-state index in [2.05, 4.69) is 18.7 Å². The van der Waals surface area contributed by atoms with Crippen LogP contribution in [0.1, 0.15) is 11.1 Å². The van der Waals surface area contributed by atoms with E-state index in [4.69, 9.17) is 11.5 Å². The maximum absolute atomic E-state index is 6.15. The van der Waals surface area contributed by atoms with Gasteiger partial charge in [0.25, 0.3) is 0 Å². The highest BCUT2D eigenvalue weighted by molar-refractivity contribution is 5.68. The zero-order valence-corrected chi connectivity index (χ0v) is 12.2. The van der Waals surface area contributed by atoms with Crippen LogP contribution in [0.15, 0.2) is 79.4 Å². The molecule has 0 aliphatic carbocycles. The molecule has 0 radical (unpaired) electrons. The highest BCUT2D eigenvalue weighted by Gasteiger charge is 2.06. The number of rotatable bonds is 6. The summed E-state index contributed by atoms with van der Waals surface area (Å²) in [6.07, 6.45) is 4.70. The SMILES string of the molecule is C=C(c1ccccc1)C(N)C=CC(N)Cc1ccccc1. The molecular formula is C19H22N2. The summed E-state index contributed by atoms with van der Waals surface area (Å²) < 4.78 is 0. The van der Waals surface area contributed by atoms with Crippen molar-refractivity contribution < 1.29 is 0 Å². The maximum atomic E-state index is 6.15. The molecule has 0 aliphatic rings. The standard InChI is InChI=1S/C19H22N2/c1-15(17-10-6-3-7-11-17)19(21)13-12-18(20)14-16-8-4-2-5-9-16/h2-13,18-19H,1,14,20-21H2. The maximum Gasteiger partial charge on any atom is 0.0481 e. The molecule has 0 bridgehead atoms. The molecule has 2 heteroatoms. The van der Waals surface area contributed by atoms with Crippen molar-refractivity contribution in [3.63, 3.8) is 0 Å². The third-order valence-corrected chi connectivity index (χ3v) is 3.43. The lowest BCUT2D eigenvalue weighted by Crippen LogP contribution is -2.23. The molecule has 0 aromatic heterocycles. The zero-order chi connectivity index (χ0) is 15.1. The van der Waals surface area contributed by atoms with E-state index >= 15 is 0 Å². The Hall–Kier alpha value is -2.16. The summed E-state index contributed by atoms with van der Waals surface area (Å²) in [4.78, 5) is 0. The first-order valence-corrected chi connectivity index (χ1v) is 7.14. The van der Waals surface area contributed by atoms with Gasteiger partial charge in [0.2, 0.25) is 0 Å². The molecule has 2 unspecified atom stereocenters. The largest absolute Gasteiger partial charge is 0.324 e. The first kappa shape index (κ1) is 15.2. The molecule has 21 heavy (non-hydrogen) atoms. The average molecular weight is 278 g/mol. The van der Waals surface area contributed by atoms with Crippen molar-refractivity contribution in [2.24, 2.45) is 11.5 Å². The molecule has 108 valence electrons. The lowest BCUT2D eigenvalue weighted by atomic mass is 9.99. The molecule has 2 nitrogen and oxygen atoms in total. The van der Waals surface area contributed by atoms with Gasteiger partial charge in [-0.15, -0.1) is 0 Å². The Balaban J connectivity index is 1.92. The minimum absolute atomic E-state index is 0.0398. The van der Waals surface area contributed by atoms with Crippen LogP contribution in [-0.4, -0.2) is 12.1 Å². The normalized spacial score (nSPS) is 14.0. The topological polar surface area (TPSA) is 52.0 Å². The molecule has 2 aromatic rings. The van der Waals surface area contributed by atoms with Gasteiger partial charge in [-0.2, -0.15) is 0 Å². The van der Waals surface area contributed by atoms with E-state index in [9.17, 15) is 0 Å². The van der Waals surface area contributed by atoms with Crippen molar-refractivity contribution in [2.75, 3.05) is 0 Å². The monoisotopic (exact) mass is 278 g/mol. The van der Waals surface area contributed by atoms with Gasteiger partial charge in [-0.1, -0.05) is 79.4 Å². The third-order valence-electron chi connectivity index (χ3n) is 3.43. The minimum Gasteiger partial charge on any atom is -0.324 e. The first-order valence-electron chi connectivity index (χ1n) is 7.14. The quantitative estimate of drug-likeness (QED) is 0.798. The van der Waals surface area contributed by atoms with Crippen molar-refractivity contribution in [2.45, 2.75) is 18.5 Å². The molecule has 2 rings (SSSR count). The van der Waals surface area contributed by atoms with Crippen LogP contribution in [0.4, 0.5) is 0 Å². The average Bonchev–Trinajstić information content (AvgIpc) is 2.53. The number of nitrogens with two attached hydrogens (primary N) is 2. The number of hydrogen-bond donors (Lipinski definition) is 2. The van der Waals surface area contributed by atoms with Crippen molar-refractivity contribution in [1.29, 1.82) is 0 Å². The summed E-state index contributed by atoms with van der Waals surface area (Å²) in [5.74, 6) is 0. The Bertz CT molecular complexity index is 587. The van der Waals surface area contributed by atoms with E-state index in [1.165, 1.54) is 5.56 Å². The van der Waals surface area contributed by atoms with E-state index in [0.29, 0.717) is 0 Å². The third kappa shape index (κ3) is 4.71. The fraction of sp³-hybridized carbons (Fsp3) is 0.158. The van der Waals surface area contributed by atoms with E-state index in [0.717, 1.165) is 17.6 Å². The summed E-state index contributed by atoms with van der Waals surface area (Å²) in [5, 5.41) is 0. The Kier molecular flexibility index (Phi) is 5.50. The van der Waals surface area contributed by atoms with Gasteiger partial charge < -0.3 is 11.5 Å². The minimum atomic E-state index is -0.214. The van der Waals surface area contributed by atoms with Gasteiger partial charge in [0.15, 0.2) is 0 Å². The number of hydrogen-bond acceptors (Lipinski definition) is 2. The molecular weight excluding hydrogens is 256 g/mol. The predicted molar refractivity (Wildman–Crippen MR) is 90.7 cm³/mol. The lowest BCUT2D eigenvalue weighted by Gasteiger charge is -2.12. The van der Waals surface area contributed by atoms with Gasteiger partial charge >= 0.3 is 0 Å². The molecule has 0 saturated heterocycles. The van der Waals surface area contributed by atoms with Gasteiger partial charge in [0, 0.05) is 12.1 Å². The fourth-order valence-electron chi connectivity index (χ4n) is 2.18. The summed E-state index contributed by atoms with van der Waals surface area (Å²) in [5.41, 5.74) is 15.5. The molecule has 0 spiro atoms. The van der Waals surface area contributed by atoms with Crippen LogP contribution >= 0.6 is 0 Å². The Morgan fingerprint density at radius 2 is 1.48 bits per heavy atom. The molecule has 4 N–H and O–H groups in total. The van der Waals surface area contributed by atoms with Crippen LogP contribution in [0.2, 0.25) is 0 Å². The van der Waals surface area contributed by atoms with Gasteiger partial charge in [0.1, 0.15) is 0 Å². The van der Waals surface area contributed by atoms with E-state index in [1.54, 1.807) is 0 Å². The van der Waals surface area contributed by atoms with Crippen molar-refractivity contribution >= 4 is 5.57 Å². The predicted octanol–water partition coefficient (Wildman–Crippen LogP) is 3.15. The highest BCUT2D eigenvalue weighted by Crippen LogP contribution is 2.15. The summed E-state index contributed by atoms with van der Waals surface area (Å²) in [7, 11) is 0. The molecule has 0 saturated carbocycles. The second-order valence-electron chi connectivity index (χ2n) is 5.16. The van der Waals surface area contributed by atoms with Crippen molar-refractivity contribution in [3.05, 3.63) is 90.5 Å². The van der Waals surface area contributed by atoms with Crippen LogP contribution in [0.3, 0.4) is 0 Å². The second-order valence-corrected chi connectivity index (χ2v) is 5.16. The summed E-state index contributed by atoms with van der Waals surface area (Å²) in [6.45, 7) is 4.07. The highest BCUT2D eigenvalue weighted by atomic mass is 14.6.